The van der Waals surface area contributed by atoms with Gasteiger partial charge < -0.3 is 16.4 Å². The second-order valence-corrected chi connectivity index (χ2v) is 8.18. The van der Waals surface area contributed by atoms with Gasteiger partial charge in [0.05, 0.1) is 21.8 Å². The summed E-state index contributed by atoms with van der Waals surface area (Å²) in [4.78, 5) is 40.8. The first-order chi connectivity index (χ1) is 15.6. The van der Waals surface area contributed by atoms with Crippen LogP contribution in [0.1, 0.15) is 42.7 Å². The molecule has 33 heavy (non-hydrogen) atoms. The van der Waals surface area contributed by atoms with Gasteiger partial charge in [0.1, 0.15) is 28.5 Å². The first-order valence-corrected chi connectivity index (χ1v) is 10.6. The van der Waals surface area contributed by atoms with Crippen LogP contribution in [0.3, 0.4) is 0 Å². The summed E-state index contributed by atoms with van der Waals surface area (Å²) in [6, 6.07) is 0.650. The van der Waals surface area contributed by atoms with Gasteiger partial charge >= 0.3 is 6.18 Å². The Kier molecular flexibility index (Phi) is 7.56. The van der Waals surface area contributed by atoms with Gasteiger partial charge in [-0.05, 0) is 13.1 Å². The third-order valence-electron chi connectivity index (χ3n) is 4.34. The topological polar surface area (TPSA) is 136 Å². The van der Waals surface area contributed by atoms with Gasteiger partial charge in [-0.1, -0.05) is 11.6 Å². The number of amides is 1. The number of ketones is 1. The fourth-order valence-corrected chi connectivity index (χ4v) is 3.81. The summed E-state index contributed by atoms with van der Waals surface area (Å²) in [6.07, 6.45) is -1.10. The molecule has 0 bridgehead atoms. The second-order valence-electron chi connectivity index (χ2n) is 6.66. The number of alkyl halides is 3. The zero-order valence-corrected chi connectivity index (χ0v) is 18.6. The zero-order valence-electron chi connectivity index (χ0n) is 17.0. The van der Waals surface area contributed by atoms with Gasteiger partial charge in [0.25, 0.3) is 5.91 Å². The maximum Gasteiger partial charge on any atom is 0.418 e. The van der Waals surface area contributed by atoms with Crippen LogP contribution in [0.4, 0.5) is 24.8 Å². The maximum atomic E-state index is 13.0. The van der Waals surface area contributed by atoms with Gasteiger partial charge in [0, 0.05) is 31.1 Å². The molecule has 0 aliphatic carbocycles. The molecule has 3 aromatic heterocycles. The standard InChI is InChI=1S/C19H17ClF3N7O2S/c1-25-5-9-16(28-8-29-17(9)24)12(31)2-3-15-27-7-13(33-15)18(32)30-14-4-10(19(21,22)23)11(20)6-26-14/h4,6-8,25H,2-3,5H2,1H3,(H2,24,28,29)(H,26,30,32). The van der Waals surface area contributed by atoms with Gasteiger partial charge in [-0.3, -0.25) is 9.59 Å². The van der Waals surface area contributed by atoms with Crippen LogP contribution in [-0.4, -0.2) is 38.7 Å². The number of nitrogens with one attached hydrogen (secondary N) is 2. The molecule has 9 nitrogen and oxygen atoms in total. The van der Waals surface area contributed by atoms with Crippen molar-refractivity contribution in [3.8, 4) is 0 Å². The Hall–Kier alpha value is -3.16. The fraction of sp³-hybridized carbons (Fsp3) is 0.263. The van der Waals surface area contributed by atoms with Crippen LogP contribution in [0.25, 0.3) is 0 Å². The summed E-state index contributed by atoms with van der Waals surface area (Å²) in [6.45, 7) is 0.324. The molecule has 3 rings (SSSR count). The van der Waals surface area contributed by atoms with Crippen LogP contribution < -0.4 is 16.4 Å². The number of anilines is 2. The number of aryl methyl sites for hydroxylation is 1. The Morgan fingerprint density at radius 3 is 2.64 bits per heavy atom. The largest absolute Gasteiger partial charge is 0.418 e. The number of halogens is 4. The molecule has 0 fully saturated rings. The Morgan fingerprint density at radius 1 is 1.18 bits per heavy atom. The summed E-state index contributed by atoms with van der Waals surface area (Å²) in [5.74, 6) is -1.05. The first-order valence-electron chi connectivity index (χ1n) is 9.36. The zero-order chi connectivity index (χ0) is 24.2. The third kappa shape index (κ3) is 6.00. The van der Waals surface area contributed by atoms with Gasteiger partial charge in [0.15, 0.2) is 5.78 Å². The van der Waals surface area contributed by atoms with E-state index < -0.39 is 22.7 Å². The van der Waals surface area contributed by atoms with E-state index in [1.54, 1.807) is 7.05 Å². The van der Waals surface area contributed by atoms with E-state index in [0.717, 1.165) is 17.5 Å². The van der Waals surface area contributed by atoms with Crippen molar-refractivity contribution < 1.29 is 22.8 Å². The predicted octanol–water partition coefficient (Wildman–Crippen LogP) is 3.37. The quantitative estimate of drug-likeness (QED) is 0.401. The van der Waals surface area contributed by atoms with Crippen LogP contribution in [0.5, 0.6) is 0 Å². The molecule has 3 heterocycles. The highest BCUT2D eigenvalue weighted by Crippen LogP contribution is 2.35. The highest BCUT2D eigenvalue weighted by molar-refractivity contribution is 7.13. The van der Waals surface area contributed by atoms with Crippen molar-refractivity contribution in [2.45, 2.75) is 25.6 Å². The number of carbonyl (C=O) groups is 2. The highest BCUT2D eigenvalue weighted by atomic mass is 35.5. The molecular formula is C19H17ClF3N7O2S. The summed E-state index contributed by atoms with van der Waals surface area (Å²) in [5, 5.41) is 5.11. The van der Waals surface area contributed by atoms with Crippen LogP contribution in [0.2, 0.25) is 5.02 Å². The molecule has 0 saturated heterocycles. The smallest absolute Gasteiger partial charge is 0.383 e. The second kappa shape index (κ2) is 10.2. The van der Waals surface area contributed by atoms with E-state index in [-0.39, 0.29) is 40.8 Å². The molecular weight excluding hydrogens is 483 g/mol. The van der Waals surface area contributed by atoms with Gasteiger partial charge in [-0.15, -0.1) is 11.3 Å². The van der Waals surface area contributed by atoms with Crippen LogP contribution in [0, 0.1) is 0 Å². The van der Waals surface area contributed by atoms with Crippen LogP contribution in [0.15, 0.2) is 24.8 Å². The van der Waals surface area contributed by atoms with Crippen LogP contribution in [-0.2, 0) is 19.1 Å². The first kappa shape index (κ1) is 24.5. The molecule has 4 N–H and O–H groups in total. The van der Waals surface area contributed by atoms with Gasteiger partial charge in [-0.2, -0.15) is 13.2 Å². The minimum absolute atomic E-state index is 0.0649. The minimum Gasteiger partial charge on any atom is -0.383 e. The average Bonchev–Trinajstić information content (AvgIpc) is 3.23. The Labute approximate surface area is 194 Å². The highest BCUT2D eigenvalue weighted by Gasteiger charge is 2.34. The van der Waals surface area contributed by atoms with Gasteiger partial charge in [-0.25, -0.2) is 19.9 Å². The van der Waals surface area contributed by atoms with E-state index in [1.807, 2.05) is 0 Å². The summed E-state index contributed by atoms with van der Waals surface area (Å²) >= 11 is 6.54. The minimum atomic E-state index is -4.69. The lowest BCUT2D eigenvalue weighted by atomic mass is 10.1. The summed E-state index contributed by atoms with van der Waals surface area (Å²) in [7, 11) is 1.70. The van der Waals surface area contributed by atoms with E-state index in [2.05, 4.69) is 30.6 Å². The van der Waals surface area contributed by atoms with E-state index in [4.69, 9.17) is 17.3 Å². The summed E-state index contributed by atoms with van der Waals surface area (Å²) < 4.78 is 38.9. The molecule has 0 aliphatic rings. The normalized spacial score (nSPS) is 11.4. The van der Waals surface area contributed by atoms with E-state index >= 15 is 0 Å². The molecule has 3 aromatic rings. The third-order valence-corrected chi connectivity index (χ3v) is 5.70. The monoisotopic (exact) mass is 499 g/mol. The number of pyridine rings is 1. The Balaban J connectivity index is 1.65. The molecule has 0 saturated carbocycles. The average molecular weight is 500 g/mol. The lowest BCUT2D eigenvalue weighted by Crippen LogP contribution is -2.16. The van der Waals surface area contributed by atoms with Crippen molar-refractivity contribution in [1.29, 1.82) is 0 Å². The lowest BCUT2D eigenvalue weighted by Gasteiger charge is -2.10. The number of Topliss-reactive ketones (excluding diaryl/α,β-unsaturated/α-hetero) is 1. The number of nitrogen functional groups attached to an aromatic ring is 1. The number of aromatic nitrogens is 4. The summed E-state index contributed by atoms with van der Waals surface area (Å²) in [5.41, 5.74) is 5.42. The van der Waals surface area contributed by atoms with Crippen molar-refractivity contribution >= 4 is 46.3 Å². The molecule has 0 unspecified atom stereocenters. The molecule has 0 atom stereocenters. The van der Waals surface area contributed by atoms with Crippen molar-refractivity contribution in [1.82, 2.24) is 25.3 Å². The maximum absolute atomic E-state index is 13.0. The molecule has 0 radical (unpaired) electrons. The van der Waals surface area contributed by atoms with Crippen molar-refractivity contribution in [2.24, 2.45) is 0 Å². The fourth-order valence-electron chi connectivity index (χ4n) is 2.79. The Morgan fingerprint density at radius 2 is 1.94 bits per heavy atom. The Bertz CT molecular complexity index is 1190. The molecule has 14 heteroatoms. The van der Waals surface area contributed by atoms with Crippen molar-refractivity contribution in [3.63, 3.8) is 0 Å². The predicted molar refractivity (Wildman–Crippen MR) is 116 cm³/mol. The number of hydrogen-bond donors (Lipinski definition) is 3. The number of carbonyl (C=O) groups excluding carboxylic acids is 2. The number of nitrogens with zero attached hydrogens (tertiary/aromatic N) is 4. The van der Waals surface area contributed by atoms with Crippen LogP contribution >= 0.6 is 22.9 Å². The SMILES string of the molecule is CNCc1c(N)ncnc1C(=O)CCc1ncc(C(=O)Nc2cc(C(F)(F)F)c(Cl)cn2)s1. The molecule has 0 spiro atoms. The molecule has 0 aliphatic heterocycles. The van der Waals surface area contributed by atoms with Crippen molar-refractivity contribution in [3.05, 3.63) is 56.5 Å². The van der Waals surface area contributed by atoms with Gasteiger partial charge in [0.2, 0.25) is 0 Å². The lowest BCUT2D eigenvalue weighted by molar-refractivity contribution is -0.137. The van der Waals surface area contributed by atoms with Crippen molar-refractivity contribution in [2.75, 3.05) is 18.1 Å². The van der Waals surface area contributed by atoms with E-state index in [0.29, 0.717) is 23.2 Å². The van der Waals surface area contributed by atoms with E-state index in [1.165, 1.54) is 12.5 Å². The number of thiazole rings is 1. The number of rotatable bonds is 8. The number of hydrogen-bond acceptors (Lipinski definition) is 9. The number of nitrogens with two attached hydrogens (primary N) is 1. The molecule has 0 aromatic carbocycles. The molecule has 174 valence electrons. The van der Waals surface area contributed by atoms with E-state index in [9.17, 15) is 22.8 Å². The molecule has 1 amide bonds.